The number of benzene rings is 2. The molecule has 0 aliphatic carbocycles. The van der Waals surface area contributed by atoms with Gasteiger partial charge in [0.1, 0.15) is 11.5 Å². The van der Waals surface area contributed by atoms with Gasteiger partial charge in [0.25, 0.3) is 0 Å². The fourth-order valence-corrected chi connectivity index (χ4v) is 2.49. The van der Waals surface area contributed by atoms with E-state index in [1.165, 1.54) is 0 Å². The zero-order chi connectivity index (χ0) is 15.4. The lowest BCUT2D eigenvalue weighted by molar-refractivity contribution is 0.325. The molecule has 1 aliphatic rings. The molecule has 22 heavy (non-hydrogen) atoms. The van der Waals surface area contributed by atoms with Gasteiger partial charge in [-0.3, -0.25) is 4.79 Å². The second-order valence-corrected chi connectivity index (χ2v) is 5.08. The van der Waals surface area contributed by atoms with Gasteiger partial charge in [-0.15, -0.1) is 0 Å². The molecule has 0 saturated carbocycles. The van der Waals surface area contributed by atoms with Crippen LogP contribution in [0.5, 0.6) is 11.5 Å². The fraction of sp³-hybridized carbons (Fsp3) is 0.211. The molecule has 0 aromatic heterocycles. The number of hydrogen-bond acceptors (Lipinski definition) is 3. The summed E-state index contributed by atoms with van der Waals surface area (Å²) in [6.45, 7) is 3.14. The summed E-state index contributed by atoms with van der Waals surface area (Å²) in [6, 6.07) is 14.0. The van der Waals surface area contributed by atoms with Crippen LogP contribution in [0.1, 0.15) is 18.9 Å². The van der Waals surface area contributed by atoms with Crippen molar-refractivity contribution in [2.24, 2.45) is 0 Å². The number of ether oxygens (including phenoxy) is 2. The first kappa shape index (κ1) is 14.4. The van der Waals surface area contributed by atoms with E-state index in [1.807, 2.05) is 61.8 Å². The van der Waals surface area contributed by atoms with Gasteiger partial charge in [-0.2, -0.15) is 0 Å². The Labute approximate surface area is 130 Å². The van der Waals surface area contributed by atoms with Crippen LogP contribution in [0, 0.1) is 0 Å². The van der Waals surface area contributed by atoms with Crippen molar-refractivity contribution in [2.75, 3.05) is 13.2 Å². The van der Waals surface area contributed by atoms with E-state index >= 15 is 0 Å². The first-order chi connectivity index (χ1) is 10.8. The van der Waals surface area contributed by atoms with Gasteiger partial charge in [0.05, 0.1) is 13.2 Å². The Kier molecular flexibility index (Phi) is 4.24. The van der Waals surface area contributed by atoms with Crippen LogP contribution in [0.3, 0.4) is 0 Å². The highest BCUT2D eigenvalue weighted by Gasteiger charge is 2.11. The van der Waals surface area contributed by atoms with Crippen LogP contribution in [-0.2, 0) is 4.79 Å². The SMILES string of the molecule is CCOc1ccc(-c2ccc3c(c2)C=C([C]=O)CCO3)cc1. The number of rotatable bonds is 4. The third-order valence-electron chi connectivity index (χ3n) is 3.60. The van der Waals surface area contributed by atoms with E-state index in [0.29, 0.717) is 25.2 Å². The molecular weight excluding hydrogens is 276 g/mol. The first-order valence-electron chi connectivity index (χ1n) is 7.39. The molecule has 1 heterocycles. The van der Waals surface area contributed by atoms with Gasteiger partial charge in [-0.1, -0.05) is 18.2 Å². The summed E-state index contributed by atoms with van der Waals surface area (Å²) in [5, 5.41) is 0. The van der Waals surface area contributed by atoms with Crippen LogP contribution in [0.2, 0.25) is 0 Å². The Bertz CT molecular complexity index is 699. The molecule has 0 saturated heterocycles. The van der Waals surface area contributed by atoms with Crippen LogP contribution in [0.15, 0.2) is 48.0 Å². The summed E-state index contributed by atoms with van der Waals surface area (Å²) in [7, 11) is 0. The second kappa shape index (κ2) is 6.48. The van der Waals surface area contributed by atoms with E-state index in [0.717, 1.165) is 28.2 Å². The Morgan fingerprint density at radius 1 is 1.14 bits per heavy atom. The molecule has 0 fully saturated rings. The summed E-state index contributed by atoms with van der Waals surface area (Å²) in [4.78, 5) is 10.9. The fourth-order valence-electron chi connectivity index (χ4n) is 2.49. The largest absolute Gasteiger partial charge is 0.494 e. The molecule has 0 amide bonds. The van der Waals surface area contributed by atoms with Crippen molar-refractivity contribution in [3.8, 4) is 22.6 Å². The molecular formula is C19H17O3. The smallest absolute Gasteiger partial charge is 0.229 e. The Balaban J connectivity index is 1.95. The highest BCUT2D eigenvalue weighted by Crippen LogP contribution is 2.31. The lowest BCUT2D eigenvalue weighted by atomic mass is 10.0. The van der Waals surface area contributed by atoms with Crippen LogP contribution >= 0.6 is 0 Å². The molecule has 111 valence electrons. The highest BCUT2D eigenvalue weighted by atomic mass is 16.5. The molecule has 3 rings (SSSR count). The molecule has 3 nitrogen and oxygen atoms in total. The monoisotopic (exact) mass is 293 g/mol. The van der Waals surface area contributed by atoms with Gasteiger partial charge in [-0.25, -0.2) is 0 Å². The lowest BCUT2D eigenvalue weighted by Crippen LogP contribution is -1.97. The molecule has 1 aliphatic heterocycles. The number of fused-ring (bicyclic) bond motifs is 1. The van der Waals surface area contributed by atoms with Crippen molar-refractivity contribution >= 4 is 12.4 Å². The average molecular weight is 293 g/mol. The Morgan fingerprint density at radius 3 is 2.64 bits per heavy atom. The van der Waals surface area contributed by atoms with E-state index < -0.39 is 0 Å². The van der Waals surface area contributed by atoms with E-state index in [2.05, 4.69) is 0 Å². The maximum absolute atomic E-state index is 10.9. The van der Waals surface area contributed by atoms with E-state index in [4.69, 9.17) is 9.47 Å². The summed E-state index contributed by atoms with van der Waals surface area (Å²) >= 11 is 0. The van der Waals surface area contributed by atoms with E-state index in [9.17, 15) is 4.79 Å². The van der Waals surface area contributed by atoms with Crippen LogP contribution in [0.25, 0.3) is 17.2 Å². The lowest BCUT2D eigenvalue weighted by Gasteiger charge is -2.09. The van der Waals surface area contributed by atoms with Crippen molar-refractivity contribution < 1.29 is 14.3 Å². The topological polar surface area (TPSA) is 35.5 Å². The zero-order valence-corrected chi connectivity index (χ0v) is 12.5. The second-order valence-electron chi connectivity index (χ2n) is 5.08. The average Bonchev–Trinajstić information content (AvgIpc) is 2.77. The minimum atomic E-state index is 0.510. The molecule has 2 aromatic rings. The quantitative estimate of drug-likeness (QED) is 0.854. The van der Waals surface area contributed by atoms with Gasteiger partial charge in [0, 0.05) is 17.6 Å². The maximum Gasteiger partial charge on any atom is 0.229 e. The van der Waals surface area contributed by atoms with Crippen molar-refractivity contribution in [3.63, 3.8) is 0 Å². The van der Waals surface area contributed by atoms with Crippen molar-refractivity contribution in [1.82, 2.24) is 0 Å². The van der Waals surface area contributed by atoms with Gasteiger partial charge >= 0.3 is 0 Å². The summed E-state index contributed by atoms with van der Waals surface area (Å²) in [5.41, 5.74) is 3.74. The molecule has 0 atom stereocenters. The van der Waals surface area contributed by atoms with Crippen LogP contribution < -0.4 is 9.47 Å². The standard InChI is InChI=1S/C19H17O3/c1-2-21-18-6-3-15(4-7-18)16-5-8-19-17(12-16)11-14(13-20)9-10-22-19/h3-8,11-12H,2,9-10H2,1H3. The summed E-state index contributed by atoms with van der Waals surface area (Å²) in [6.07, 6.45) is 4.43. The first-order valence-corrected chi connectivity index (χ1v) is 7.39. The van der Waals surface area contributed by atoms with Gasteiger partial charge in [0.15, 0.2) is 0 Å². The molecule has 0 spiro atoms. The normalized spacial score (nSPS) is 13.4. The van der Waals surface area contributed by atoms with E-state index in [1.54, 1.807) is 0 Å². The minimum Gasteiger partial charge on any atom is -0.494 e. The predicted molar refractivity (Wildman–Crippen MR) is 86.8 cm³/mol. The van der Waals surface area contributed by atoms with Gasteiger partial charge in [0.2, 0.25) is 6.29 Å². The molecule has 0 unspecified atom stereocenters. The van der Waals surface area contributed by atoms with Crippen molar-refractivity contribution in [1.29, 1.82) is 0 Å². The molecule has 0 N–H and O–H groups in total. The summed E-state index contributed by atoms with van der Waals surface area (Å²) < 4.78 is 11.1. The minimum absolute atomic E-state index is 0.510. The van der Waals surface area contributed by atoms with Crippen LogP contribution in [-0.4, -0.2) is 19.5 Å². The maximum atomic E-state index is 10.9. The number of hydrogen-bond donors (Lipinski definition) is 0. The highest BCUT2D eigenvalue weighted by molar-refractivity contribution is 5.84. The van der Waals surface area contributed by atoms with Gasteiger partial charge in [-0.05, 0) is 48.4 Å². The summed E-state index contributed by atoms with van der Waals surface area (Å²) in [5.74, 6) is 1.67. The van der Waals surface area contributed by atoms with E-state index in [-0.39, 0.29) is 0 Å². The Morgan fingerprint density at radius 2 is 1.91 bits per heavy atom. The number of carbonyl (C=O) groups excluding carboxylic acids is 1. The van der Waals surface area contributed by atoms with Gasteiger partial charge < -0.3 is 9.47 Å². The predicted octanol–water partition coefficient (Wildman–Crippen LogP) is 4.03. The Hall–Kier alpha value is -2.55. The molecule has 0 bridgehead atoms. The molecule has 1 radical (unpaired) electrons. The van der Waals surface area contributed by atoms with Crippen molar-refractivity contribution in [3.05, 3.63) is 53.6 Å². The van der Waals surface area contributed by atoms with Crippen molar-refractivity contribution in [2.45, 2.75) is 13.3 Å². The zero-order valence-electron chi connectivity index (χ0n) is 12.5. The van der Waals surface area contributed by atoms with Crippen LogP contribution in [0.4, 0.5) is 0 Å². The molecule has 3 heteroatoms. The third kappa shape index (κ3) is 3.03. The molecule has 2 aromatic carbocycles. The third-order valence-corrected chi connectivity index (χ3v) is 3.60.